The Bertz CT molecular complexity index is 1190. The largest absolute Gasteiger partial charge is 0.493 e. The third-order valence-corrected chi connectivity index (χ3v) is 8.16. The van der Waals surface area contributed by atoms with Crippen LogP contribution >= 0.6 is 11.6 Å². The molecular weight excluding hydrogens is 452 g/mol. The van der Waals surface area contributed by atoms with Crippen LogP contribution in [0.15, 0.2) is 41.3 Å². The lowest BCUT2D eigenvalue weighted by molar-refractivity contribution is 0.104. The van der Waals surface area contributed by atoms with Crippen LogP contribution in [0.4, 0.5) is 0 Å². The third-order valence-electron chi connectivity index (χ3n) is 5.78. The first kappa shape index (κ1) is 22.6. The molecule has 0 aliphatic carbocycles. The van der Waals surface area contributed by atoms with Crippen LogP contribution in [-0.4, -0.2) is 52.4 Å². The molecule has 32 heavy (non-hydrogen) atoms. The number of methoxy groups -OCH3 is 2. The molecule has 9 heteroatoms. The highest BCUT2D eigenvalue weighted by molar-refractivity contribution is 7.89. The number of ketones is 1. The Morgan fingerprint density at radius 1 is 1.09 bits per heavy atom. The summed E-state index contributed by atoms with van der Waals surface area (Å²) in [7, 11) is -0.598. The number of nitrogens with zero attached hydrogens (tertiary/aromatic N) is 1. The zero-order valence-corrected chi connectivity index (χ0v) is 19.6. The summed E-state index contributed by atoms with van der Waals surface area (Å²) in [5.74, 6) is 0.886. The molecule has 0 spiro atoms. The number of hydrogen-bond acceptors (Lipinski definition) is 6. The lowest BCUT2D eigenvalue weighted by Gasteiger charge is -2.23. The minimum atomic E-state index is -3.74. The average Bonchev–Trinajstić information content (AvgIpc) is 3.34. The smallest absolute Gasteiger partial charge is 0.244 e. The molecule has 0 bridgehead atoms. The number of nitrogens with one attached hydrogen (secondary N) is 1. The second-order valence-electron chi connectivity index (χ2n) is 7.72. The van der Waals surface area contributed by atoms with Gasteiger partial charge in [-0.2, -0.15) is 4.31 Å². The maximum Gasteiger partial charge on any atom is 0.244 e. The van der Waals surface area contributed by atoms with Gasteiger partial charge in [0, 0.05) is 42.5 Å². The highest BCUT2D eigenvalue weighted by atomic mass is 35.5. The van der Waals surface area contributed by atoms with E-state index < -0.39 is 10.0 Å². The fourth-order valence-corrected chi connectivity index (χ4v) is 6.09. The molecule has 0 aromatic heterocycles. The van der Waals surface area contributed by atoms with E-state index in [2.05, 4.69) is 5.32 Å². The number of fused-ring (bicyclic) bond motifs is 1. The maximum atomic E-state index is 13.1. The number of allylic oxidation sites excluding steroid dienone is 1. The van der Waals surface area contributed by atoms with Crippen LogP contribution in [-0.2, 0) is 16.4 Å². The Hall–Kier alpha value is -2.55. The summed E-state index contributed by atoms with van der Waals surface area (Å²) in [4.78, 5) is 13.1. The number of carbonyl (C=O) groups is 1. The van der Waals surface area contributed by atoms with Crippen LogP contribution in [0.25, 0.3) is 5.70 Å². The van der Waals surface area contributed by atoms with Gasteiger partial charge in [0.15, 0.2) is 17.3 Å². The van der Waals surface area contributed by atoms with Gasteiger partial charge in [0.25, 0.3) is 0 Å². The molecule has 170 valence electrons. The standard InChI is InChI=1S/C23H25ClN2O5S/c1-30-21-11-15-7-8-25-19(17(15)13-22(21)31-2)14-20(27)16-5-6-18(24)23(12-16)32(28,29)26-9-3-4-10-26/h5-6,11-14,25H,3-4,7-10H2,1-2H3/b19-14-. The van der Waals surface area contributed by atoms with Crippen molar-refractivity contribution in [3.05, 3.63) is 58.1 Å². The number of benzene rings is 2. The van der Waals surface area contributed by atoms with Crippen LogP contribution in [0.2, 0.25) is 5.02 Å². The van der Waals surface area contributed by atoms with Gasteiger partial charge in [-0.05, 0) is 55.2 Å². The van der Waals surface area contributed by atoms with Crippen molar-refractivity contribution >= 4 is 33.1 Å². The van der Waals surface area contributed by atoms with Gasteiger partial charge in [0.1, 0.15) is 4.90 Å². The number of sulfonamides is 1. The van der Waals surface area contributed by atoms with Crippen molar-refractivity contribution in [1.29, 1.82) is 0 Å². The molecule has 7 nitrogen and oxygen atoms in total. The van der Waals surface area contributed by atoms with Crippen LogP contribution in [0.5, 0.6) is 11.5 Å². The number of hydrogen-bond donors (Lipinski definition) is 1. The fourth-order valence-electron chi connectivity index (χ4n) is 4.07. The van der Waals surface area contributed by atoms with Gasteiger partial charge in [-0.25, -0.2) is 8.42 Å². The average molecular weight is 477 g/mol. The molecule has 4 rings (SSSR count). The van der Waals surface area contributed by atoms with Crippen molar-refractivity contribution in [2.75, 3.05) is 33.9 Å². The highest BCUT2D eigenvalue weighted by Gasteiger charge is 2.30. The normalized spacial score (nSPS) is 17.7. The van der Waals surface area contributed by atoms with Crippen molar-refractivity contribution in [2.24, 2.45) is 0 Å². The van der Waals surface area contributed by atoms with Gasteiger partial charge in [-0.3, -0.25) is 4.79 Å². The molecule has 1 saturated heterocycles. The van der Waals surface area contributed by atoms with Crippen molar-refractivity contribution in [3.63, 3.8) is 0 Å². The maximum absolute atomic E-state index is 13.1. The Labute approximate surface area is 193 Å². The second kappa shape index (κ2) is 9.13. The van der Waals surface area contributed by atoms with Gasteiger partial charge in [0.05, 0.1) is 19.2 Å². The minimum Gasteiger partial charge on any atom is -0.493 e. The van der Waals surface area contributed by atoms with Gasteiger partial charge in [0.2, 0.25) is 10.0 Å². The quantitative estimate of drug-likeness (QED) is 0.507. The van der Waals surface area contributed by atoms with E-state index in [1.165, 1.54) is 22.5 Å². The molecule has 2 heterocycles. The van der Waals surface area contributed by atoms with Crippen molar-refractivity contribution < 1.29 is 22.7 Å². The third kappa shape index (κ3) is 4.22. The molecule has 1 N–H and O–H groups in total. The zero-order valence-electron chi connectivity index (χ0n) is 18.0. The van der Waals surface area contributed by atoms with E-state index in [4.69, 9.17) is 21.1 Å². The van der Waals surface area contributed by atoms with E-state index in [1.54, 1.807) is 20.3 Å². The molecule has 2 aromatic rings. The Balaban J connectivity index is 1.70. The van der Waals surface area contributed by atoms with E-state index in [9.17, 15) is 13.2 Å². The van der Waals surface area contributed by atoms with Crippen LogP contribution in [0.1, 0.15) is 34.3 Å². The molecule has 2 aliphatic heterocycles. The molecule has 2 aromatic carbocycles. The monoisotopic (exact) mass is 476 g/mol. The van der Waals surface area contributed by atoms with E-state index >= 15 is 0 Å². The summed E-state index contributed by atoms with van der Waals surface area (Å²) < 4.78 is 38.2. The minimum absolute atomic E-state index is 0.0336. The van der Waals surface area contributed by atoms with E-state index in [0.717, 1.165) is 30.4 Å². The lowest BCUT2D eigenvalue weighted by atomic mass is 9.95. The first-order valence-corrected chi connectivity index (χ1v) is 12.2. The van der Waals surface area contributed by atoms with E-state index in [-0.39, 0.29) is 21.3 Å². The molecule has 0 unspecified atom stereocenters. The Morgan fingerprint density at radius 3 is 2.47 bits per heavy atom. The van der Waals surface area contributed by atoms with Crippen molar-refractivity contribution in [1.82, 2.24) is 9.62 Å². The molecule has 0 radical (unpaired) electrons. The number of rotatable bonds is 6. The number of ether oxygens (including phenoxy) is 2. The Kier molecular flexibility index (Phi) is 6.46. The summed E-state index contributed by atoms with van der Waals surface area (Å²) in [6.07, 6.45) is 3.90. The molecular formula is C23H25ClN2O5S. The van der Waals surface area contributed by atoms with Crippen LogP contribution < -0.4 is 14.8 Å². The van der Waals surface area contributed by atoms with Crippen molar-refractivity contribution in [3.8, 4) is 11.5 Å². The molecule has 1 fully saturated rings. The summed E-state index contributed by atoms with van der Waals surface area (Å²) in [5.41, 5.74) is 2.79. The van der Waals surface area contributed by atoms with Gasteiger partial charge in [-0.15, -0.1) is 0 Å². The summed E-state index contributed by atoms with van der Waals surface area (Å²) in [6.45, 7) is 1.59. The van der Waals surface area contributed by atoms with Crippen molar-refractivity contribution in [2.45, 2.75) is 24.2 Å². The van der Waals surface area contributed by atoms with Crippen LogP contribution in [0, 0.1) is 0 Å². The first-order chi connectivity index (χ1) is 15.3. The molecule has 0 saturated carbocycles. The first-order valence-electron chi connectivity index (χ1n) is 10.4. The predicted molar refractivity (Wildman–Crippen MR) is 123 cm³/mol. The van der Waals surface area contributed by atoms with Gasteiger partial charge in [-0.1, -0.05) is 11.6 Å². The van der Waals surface area contributed by atoms with E-state index in [0.29, 0.717) is 36.8 Å². The highest BCUT2D eigenvalue weighted by Crippen LogP contribution is 2.35. The van der Waals surface area contributed by atoms with Gasteiger partial charge >= 0.3 is 0 Å². The predicted octanol–water partition coefficient (Wildman–Crippen LogP) is 3.51. The number of halogens is 1. The number of carbonyl (C=O) groups excluding carboxylic acids is 1. The van der Waals surface area contributed by atoms with Crippen LogP contribution in [0.3, 0.4) is 0 Å². The topological polar surface area (TPSA) is 84.9 Å². The Morgan fingerprint density at radius 2 is 1.78 bits per heavy atom. The molecule has 0 amide bonds. The summed E-state index contributed by atoms with van der Waals surface area (Å²) >= 11 is 6.21. The SMILES string of the molecule is COc1cc2c(cc1OC)/C(=C/C(=O)c1ccc(Cl)c(S(=O)(=O)N3CCCC3)c1)NCC2. The fraction of sp³-hybridized carbons (Fsp3) is 0.348. The summed E-state index contributed by atoms with van der Waals surface area (Å²) in [5, 5.41) is 3.37. The lowest BCUT2D eigenvalue weighted by Crippen LogP contribution is -2.28. The summed E-state index contributed by atoms with van der Waals surface area (Å²) in [6, 6.07) is 8.13. The zero-order chi connectivity index (χ0) is 22.9. The van der Waals surface area contributed by atoms with E-state index in [1.807, 2.05) is 12.1 Å². The van der Waals surface area contributed by atoms with Gasteiger partial charge < -0.3 is 14.8 Å². The molecule has 0 atom stereocenters. The second-order valence-corrected chi connectivity index (χ2v) is 10.0. The molecule has 2 aliphatic rings.